The van der Waals surface area contributed by atoms with Crippen molar-refractivity contribution < 1.29 is 4.79 Å². The minimum Gasteiger partial charge on any atom is -0.299 e. The number of carbonyl (C=O) groups excluding carboxylic acids is 1. The highest BCUT2D eigenvalue weighted by Gasteiger charge is 2.47. The first kappa shape index (κ1) is 8.03. The molecule has 0 saturated heterocycles. The molecule has 0 aliphatic heterocycles. The molecular weight excluding hydrogens is 148 g/mol. The number of hydrogen-bond donors (Lipinski definition) is 0. The second-order valence-electron chi connectivity index (χ2n) is 4.80. The highest BCUT2D eigenvalue weighted by molar-refractivity contribution is 5.87. The lowest BCUT2D eigenvalue weighted by molar-refractivity contribution is -0.120. The Balaban J connectivity index is 2.38. The van der Waals surface area contributed by atoms with Crippen LogP contribution in [0, 0.1) is 17.3 Å². The number of Topliss-reactive ketones (excluding diaryl/α,β-unsaturated/α-hetero) is 1. The summed E-state index contributed by atoms with van der Waals surface area (Å²) in [7, 11) is 0. The highest BCUT2D eigenvalue weighted by Crippen LogP contribution is 2.51. The summed E-state index contributed by atoms with van der Waals surface area (Å²) in [4.78, 5) is 11.5. The van der Waals surface area contributed by atoms with Crippen LogP contribution in [0.2, 0.25) is 0 Å². The first-order valence-corrected chi connectivity index (χ1v) is 4.74. The number of fused-ring (bicyclic) bond motifs is 1. The molecule has 0 aromatic heterocycles. The number of allylic oxidation sites excluding steroid dienone is 2. The second-order valence-corrected chi connectivity index (χ2v) is 4.80. The van der Waals surface area contributed by atoms with E-state index >= 15 is 0 Å². The van der Waals surface area contributed by atoms with Crippen molar-refractivity contribution in [1.82, 2.24) is 0 Å². The summed E-state index contributed by atoms with van der Waals surface area (Å²) in [6.45, 7) is 6.61. The molecule has 1 nitrogen and oxygen atoms in total. The SMILES string of the molecule is CC1=CC(C)(C)[C@H]2CCC(=O)[C@@H]12. The van der Waals surface area contributed by atoms with Crippen LogP contribution in [0.5, 0.6) is 0 Å². The maximum absolute atomic E-state index is 11.5. The van der Waals surface area contributed by atoms with Gasteiger partial charge in [0.2, 0.25) is 0 Å². The van der Waals surface area contributed by atoms with Crippen LogP contribution >= 0.6 is 0 Å². The Bertz CT molecular complexity index is 260. The van der Waals surface area contributed by atoms with Gasteiger partial charge in [-0.05, 0) is 24.7 Å². The molecule has 2 aliphatic rings. The summed E-state index contributed by atoms with van der Waals surface area (Å²) in [6.07, 6.45) is 4.20. The van der Waals surface area contributed by atoms with Gasteiger partial charge in [-0.3, -0.25) is 4.79 Å². The maximum atomic E-state index is 11.5. The van der Waals surface area contributed by atoms with Crippen LogP contribution in [0.25, 0.3) is 0 Å². The monoisotopic (exact) mass is 164 g/mol. The second kappa shape index (κ2) is 2.21. The highest BCUT2D eigenvalue weighted by atomic mass is 16.1. The maximum Gasteiger partial charge on any atom is 0.140 e. The molecule has 0 radical (unpaired) electrons. The van der Waals surface area contributed by atoms with Crippen LogP contribution in [-0.2, 0) is 4.79 Å². The van der Waals surface area contributed by atoms with Crippen LogP contribution in [0.15, 0.2) is 11.6 Å². The normalized spacial score (nSPS) is 38.2. The van der Waals surface area contributed by atoms with Gasteiger partial charge in [-0.2, -0.15) is 0 Å². The molecule has 0 aromatic carbocycles. The van der Waals surface area contributed by atoms with Crippen molar-refractivity contribution in [2.75, 3.05) is 0 Å². The molecule has 0 aromatic rings. The molecule has 0 unspecified atom stereocenters. The van der Waals surface area contributed by atoms with Crippen LogP contribution < -0.4 is 0 Å². The van der Waals surface area contributed by atoms with Gasteiger partial charge in [0.05, 0.1) is 0 Å². The van der Waals surface area contributed by atoms with Gasteiger partial charge < -0.3 is 0 Å². The minimum atomic E-state index is 0.265. The van der Waals surface area contributed by atoms with Gasteiger partial charge in [0.1, 0.15) is 5.78 Å². The van der Waals surface area contributed by atoms with E-state index in [-0.39, 0.29) is 11.3 Å². The smallest absolute Gasteiger partial charge is 0.140 e. The summed E-state index contributed by atoms with van der Waals surface area (Å²) in [5.41, 5.74) is 1.58. The van der Waals surface area contributed by atoms with Gasteiger partial charge in [0.15, 0.2) is 0 Å². The zero-order chi connectivity index (χ0) is 8.93. The molecule has 0 bridgehead atoms. The molecule has 2 atom stereocenters. The molecular formula is C11H16O. The van der Waals surface area contributed by atoms with Gasteiger partial charge in [0.25, 0.3) is 0 Å². The molecule has 1 heteroatoms. The lowest BCUT2D eigenvalue weighted by Crippen LogP contribution is -2.21. The van der Waals surface area contributed by atoms with Crippen LogP contribution in [0.3, 0.4) is 0 Å². The van der Waals surface area contributed by atoms with Crippen molar-refractivity contribution in [3.63, 3.8) is 0 Å². The van der Waals surface area contributed by atoms with Crippen LogP contribution in [-0.4, -0.2) is 5.78 Å². The van der Waals surface area contributed by atoms with E-state index in [1.807, 2.05) is 0 Å². The first-order chi connectivity index (χ1) is 5.52. The molecule has 0 spiro atoms. The van der Waals surface area contributed by atoms with Crippen molar-refractivity contribution in [2.24, 2.45) is 17.3 Å². The zero-order valence-electron chi connectivity index (χ0n) is 8.05. The quantitative estimate of drug-likeness (QED) is 0.503. The first-order valence-electron chi connectivity index (χ1n) is 4.74. The largest absolute Gasteiger partial charge is 0.299 e. The number of rotatable bonds is 0. The van der Waals surface area contributed by atoms with Crippen LogP contribution in [0.1, 0.15) is 33.6 Å². The molecule has 2 aliphatic carbocycles. The standard InChI is InChI=1S/C11H16O/c1-7-6-11(2,3)8-4-5-9(12)10(7)8/h6,8,10H,4-5H2,1-3H3/t8-,10-/m0/s1. The zero-order valence-corrected chi connectivity index (χ0v) is 8.05. The van der Waals surface area contributed by atoms with Gasteiger partial charge >= 0.3 is 0 Å². The fraction of sp³-hybridized carbons (Fsp3) is 0.727. The van der Waals surface area contributed by atoms with Gasteiger partial charge in [-0.1, -0.05) is 25.5 Å². The van der Waals surface area contributed by atoms with E-state index in [1.54, 1.807) is 0 Å². The molecule has 0 heterocycles. The van der Waals surface area contributed by atoms with Crippen molar-refractivity contribution in [3.8, 4) is 0 Å². The Kier molecular flexibility index (Phi) is 1.48. The van der Waals surface area contributed by atoms with E-state index in [9.17, 15) is 4.79 Å². The molecule has 66 valence electrons. The minimum absolute atomic E-state index is 0.265. The number of ketones is 1. The molecule has 1 saturated carbocycles. The average molecular weight is 164 g/mol. The third-order valence-electron chi connectivity index (χ3n) is 3.50. The Labute approximate surface area is 73.8 Å². The van der Waals surface area contributed by atoms with Crippen molar-refractivity contribution >= 4 is 5.78 Å². The molecule has 0 amide bonds. The summed E-state index contributed by atoms with van der Waals surface area (Å²) in [5.74, 6) is 1.35. The number of carbonyl (C=O) groups is 1. The molecule has 0 N–H and O–H groups in total. The summed E-state index contributed by atoms with van der Waals surface area (Å²) >= 11 is 0. The van der Waals surface area contributed by atoms with E-state index in [4.69, 9.17) is 0 Å². The summed E-state index contributed by atoms with van der Waals surface area (Å²) < 4.78 is 0. The van der Waals surface area contributed by atoms with E-state index < -0.39 is 0 Å². The van der Waals surface area contributed by atoms with Crippen molar-refractivity contribution in [2.45, 2.75) is 33.6 Å². The van der Waals surface area contributed by atoms with Gasteiger partial charge in [-0.15, -0.1) is 0 Å². The topological polar surface area (TPSA) is 17.1 Å². The lowest BCUT2D eigenvalue weighted by atomic mass is 9.79. The van der Waals surface area contributed by atoms with Crippen LogP contribution in [0.4, 0.5) is 0 Å². The van der Waals surface area contributed by atoms with E-state index in [2.05, 4.69) is 26.8 Å². The predicted octanol–water partition coefficient (Wildman–Crippen LogP) is 2.57. The number of hydrogen-bond acceptors (Lipinski definition) is 1. The predicted molar refractivity (Wildman–Crippen MR) is 48.8 cm³/mol. The average Bonchev–Trinajstić information content (AvgIpc) is 2.38. The Morgan fingerprint density at radius 3 is 2.75 bits per heavy atom. The van der Waals surface area contributed by atoms with Gasteiger partial charge in [0, 0.05) is 12.3 Å². The third kappa shape index (κ3) is 0.886. The van der Waals surface area contributed by atoms with Crippen molar-refractivity contribution in [1.29, 1.82) is 0 Å². The molecule has 1 fully saturated rings. The Morgan fingerprint density at radius 2 is 2.17 bits per heavy atom. The van der Waals surface area contributed by atoms with E-state index in [1.165, 1.54) is 5.57 Å². The van der Waals surface area contributed by atoms with Gasteiger partial charge in [-0.25, -0.2) is 0 Å². The third-order valence-corrected chi connectivity index (χ3v) is 3.50. The van der Waals surface area contributed by atoms with E-state index in [0.29, 0.717) is 11.7 Å². The summed E-state index contributed by atoms with van der Waals surface area (Å²) in [6, 6.07) is 0. The summed E-state index contributed by atoms with van der Waals surface area (Å²) in [5, 5.41) is 0. The Hall–Kier alpha value is -0.590. The fourth-order valence-corrected chi connectivity index (χ4v) is 3.00. The molecule has 2 rings (SSSR count). The van der Waals surface area contributed by atoms with Crippen molar-refractivity contribution in [3.05, 3.63) is 11.6 Å². The molecule has 12 heavy (non-hydrogen) atoms. The lowest BCUT2D eigenvalue weighted by Gasteiger charge is -2.24. The fourth-order valence-electron chi connectivity index (χ4n) is 3.00. The van der Waals surface area contributed by atoms with E-state index in [0.717, 1.165) is 12.8 Å². The Morgan fingerprint density at radius 1 is 1.50 bits per heavy atom.